The zero-order valence-corrected chi connectivity index (χ0v) is 11.9. The quantitative estimate of drug-likeness (QED) is 0.839. The van der Waals surface area contributed by atoms with Crippen LogP contribution in [-0.2, 0) is 13.1 Å². The van der Waals surface area contributed by atoms with Crippen molar-refractivity contribution in [3.05, 3.63) is 54.0 Å². The van der Waals surface area contributed by atoms with E-state index < -0.39 is 0 Å². The number of hydrogen-bond donors (Lipinski definition) is 1. The van der Waals surface area contributed by atoms with E-state index in [0.29, 0.717) is 0 Å². The van der Waals surface area contributed by atoms with Crippen molar-refractivity contribution in [3.63, 3.8) is 0 Å². The Hall–Kier alpha value is -1.45. The van der Waals surface area contributed by atoms with Crippen LogP contribution in [0.1, 0.15) is 24.7 Å². The molecule has 19 heavy (non-hydrogen) atoms. The maximum Gasteiger partial charge on any atom is 0.123 e. The predicted octanol–water partition coefficient (Wildman–Crippen LogP) is 3.78. The summed E-state index contributed by atoms with van der Waals surface area (Å²) in [5.74, 6) is 1.91. The lowest BCUT2D eigenvalue weighted by Crippen LogP contribution is -2.13. The first-order chi connectivity index (χ1) is 8.90. The Balaban J connectivity index is 0.00000180. The van der Waals surface area contributed by atoms with Crippen molar-refractivity contribution in [2.75, 3.05) is 6.61 Å². The van der Waals surface area contributed by atoms with E-state index in [1.54, 1.807) is 6.26 Å². The normalized spacial score (nSPS) is 9.95. The fourth-order valence-electron chi connectivity index (χ4n) is 1.74. The lowest BCUT2D eigenvalue weighted by Gasteiger charge is -2.11. The molecule has 0 saturated heterocycles. The summed E-state index contributed by atoms with van der Waals surface area (Å²) < 4.78 is 11.0. The zero-order valence-electron chi connectivity index (χ0n) is 11.1. The van der Waals surface area contributed by atoms with E-state index in [1.807, 2.05) is 30.3 Å². The van der Waals surface area contributed by atoms with Gasteiger partial charge in [-0.05, 0) is 24.6 Å². The Morgan fingerprint density at radius 3 is 2.68 bits per heavy atom. The molecule has 1 heterocycles. The van der Waals surface area contributed by atoms with Gasteiger partial charge in [0, 0.05) is 12.1 Å². The van der Waals surface area contributed by atoms with Gasteiger partial charge in [0.1, 0.15) is 11.5 Å². The highest BCUT2D eigenvalue weighted by molar-refractivity contribution is 5.85. The van der Waals surface area contributed by atoms with Gasteiger partial charge in [-0.15, -0.1) is 12.4 Å². The molecule has 0 atom stereocenters. The molecule has 0 amide bonds. The maximum absolute atomic E-state index is 5.71. The standard InChI is InChI=1S/C15H19NO2.ClH/c1-2-9-18-15-8-4-3-6-13(15)11-16-12-14-7-5-10-17-14;/h3-8,10,16H,2,9,11-12H2,1H3;1H. The number of ether oxygens (including phenoxy) is 1. The zero-order chi connectivity index (χ0) is 12.6. The summed E-state index contributed by atoms with van der Waals surface area (Å²) in [7, 11) is 0. The molecule has 104 valence electrons. The summed E-state index contributed by atoms with van der Waals surface area (Å²) in [5, 5.41) is 3.35. The molecule has 0 aliphatic carbocycles. The molecule has 0 radical (unpaired) electrons. The van der Waals surface area contributed by atoms with Crippen LogP contribution < -0.4 is 10.1 Å². The molecule has 1 N–H and O–H groups in total. The SMILES string of the molecule is CCCOc1ccccc1CNCc1ccco1.Cl. The molecule has 0 aliphatic rings. The third-order valence-corrected chi connectivity index (χ3v) is 2.63. The minimum atomic E-state index is 0. The smallest absolute Gasteiger partial charge is 0.123 e. The molecule has 2 aromatic rings. The summed E-state index contributed by atoms with van der Waals surface area (Å²) in [6, 6.07) is 12.0. The molecular formula is C15H20ClNO2. The second-order valence-electron chi connectivity index (χ2n) is 4.14. The molecular weight excluding hydrogens is 262 g/mol. The van der Waals surface area contributed by atoms with Crippen LogP contribution in [0.5, 0.6) is 5.75 Å². The minimum absolute atomic E-state index is 0. The van der Waals surface area contributed by atoms with Crippen LogP contribution in [-0.4, -0.2) is 6.61 Å². The number of hydrogen-bond acceptors (Lipinski definition) is 3. The Morgan fingerprint density at radius 2 is 1.95 bits per heavy atom. The Kier molecular flexibility index (Phi) is 7.08. The number of furan rings is 1. The second kappa shape index (κ2) is 8.62. The third kappa shape index (κ3) is 4.97. The van der Waals surface area contributed by atoms with E-state index in [1.165, 1.54) is 5.56 Å². The van der Waals surface area contributed by atoms with E-state index in [2.05, 4.69) is 18.3 Å². The molecule has 0 aliphatic heterocycles. The molecule has 0 fully saturated rings. The van der Waals surface area contributed by atoms with Crippen molar-refractivity contribution in [2.24, 2.45) is 0 Å². The molecule has 4 heteroatoms. The van der Waals surface area contributed by atoms with Crippen molar-refractivity contribution in [1.82, 2.24) is 5.32 Å². The molecule has 0 spiro atoms. The maximum atomic E-state index is 5.71. The first-order valence-electron chi connectivity index (χ1n) is 6.34. The average Bonchev–Trinajstić information content (AvgIpc) is 2.91. The highest BCUT2D eigenvalue weighted by Gasteiger charge is 2.02. The lowest BCUT2D eigenvalue weighted by atomic mass is 10.2. The molecule has 1 aromatic heterocycles. The third-order valence-electron chi connectivity index (χ3n) is 2.63. The predicted molar refractivity (Wildman–Crippen MR) is 78.7 cm³/mol. The van der Waals surface area contributed by atoms with Gasteiger partial charge in [0.15, 0.2) is 0 Å². The highest BCUT2D eigenvalue weighted by Crippen LogP contribution is 2.18. The van der Waals surface area contributed by atoms with Crippen molar-refractivity contribution in [2.45, 2.75) is 26.4 Å². The summed E-state index contributed by atoms with van der Waals surface area (Å²) in [4.78, 5) is 0. The van der Waals surface area contributed by atoms with Crippen LogP contribution in [0.2, 0.25) is 0 Å². The van der Waals surface area contributed by atoms with Crippen LogP contribution in [0, 0.1) is 0 Å². The Bertz CT molecular complexity index is 457. The highest BCUT2D eigenvalue weighted by atomic mass is 35.5. The molecule has 0 bridgehead atoms. The first-order valence-corrected chi connectivity index (χ1v) is 6.34. The fraction of sp³-hybridized carbons (Fsp3) is 0.333. The topological polar surface area (TPSA) is 34.4 Å². The van der Waals surface area contributed by atoms with Gasteiger partial charge >= 0.3 is 0 Å². The molecule has 2 rings (SSSR count). The molecule has 0 unspecified atom stereocenters. The number of para-hydroxylation sites is 1. The minimum Gasteiger partial charge on any atom is -0.493 e. The van der Waals surface area contributed by atoms with Gasteiger partial charge in [0.25, 0.3) is 0 Å². The van der Waals surface area contributed by atoms with Crippen LogP contribution in [0.15, 0.2) is 47.1 Å². The number of nitrogens with one attached hydrogen (secondary N) is 1. The van der Waals surface area contributed by atoms with E-state index in [-0.39, 0.29) is 12.4 Å². The number of rotatable bonds is 7. The molecule has 1 aromatic carbocycles. The van der Waals surface area contributed by atoms with Gasteiger partial charge in [-0.3, -0.25) is 0 Å². The summed E-state index contributed by atoms with van der Waals surface area (Å²) >= 11 is 0. The van der Waals surface area contributed by atoms with Gasteiger partial charge < -0.3 is 14.5 Å². The van der Waals surface area contributed by atoms with E-state index >= 15 is 0 Å². The monoisotopic (exact) mass is 281 g/mol. The Morgan fingerprint density at radius 1 is 1.11 bits per heavy atom. The van der Waals surface area contributed by atoms with Gasteiger partial charge in [0.2, 0.25) is 0 Å². The van der Waals surface area contributed by atoms with Crippen LogP contribution >= 0.6 is 12.4 Å². The van der Waals surface area contributed by atoms with Gasteiger partial charge in [-0.1, -0.05) is 25.1 Å². The molecule has 0 saturated carbocycles. The summed E-state index contributed by atoms with van der Waals surface area (Å²) in [6.07, 6.45) is 2.71. The van der Waals surface area contributed by atoms with E-state index in [4.69, 9.17) is 9.15 Å². The van der Waals surface area contributed by atoms with Crippen LogP contribution in [0.3, 0.4) is 0 Å². The van der Waals surface area contributed by atoms with Crippen LogP contribution in [0.25, 0.3) is 0 Å². The van der Waals surface area contributed by atoms with E-state index in [0.717, 1.165) is 37.6 Å². The van der Waals surface area contributed by atoms with Crippen molar-refractivity contribution >= 4 is 12.4 Å². The number of halogens is 1. The summed E-state index contributed by atoms with van der Waals surface area (Å²) in [6.45, 7) is 4.38. The fourth-order valence-corrected chi connectivity index (χ4v) is 1.74. The van der Waals surface area contributed by atoms with Gasteiger partial charge in [0.05, 0.1) is 19.4 Å². The van der Waals surface area contributed by atoms with Crippen LogP contribution in [0.4, 0.5) is 0 Å². The average molecular weight is 282 g/mol. The van der Waals surface area contributed by atoms with Crippen molar-refractivity contribution < 1.29 is 9.15 Å². The Labute approximate surface area is 120 Å². The van der Waals surface area contributed by atoms with Crippen molar-refractivity contribution in [1.29, 1.82) is 0 Å². The first kappa shape index (κ1) is 15.6. The molecule has 3 nitrogen and oxygen atoms in total. The second-order valence-corrected chi connectivity index (χ2v) is 4.14. The van der Waals surface area contributed by atoms with Gasteiger partial charge in [-0.2, -0.15) is 0 Å². The van der Waals surface area contributed by atoms with E-state index in [9.17, 15) is 0 Å². The van der Waals surface area contributed by atoms with Crippen molar-refractivity contribution in [3.8, 4) is 5.75 Å². The largest absolute Gasteiger partial charge is 0.493 e. The van der Waals surface area contributed by atoms with Gasteiger partial charge in [-0.25, -0.2) is 0 Å². The lowest BCUT2D eigenvalue weighted by molar-refractivity contribution is 0.313. The summed E-state index contributed by atoms with van der Waals surface area (Å²) in [5.41, 5.74) is 1.18. The number of benzene rings is 1.